The summed E-state index contributed by atoms with van der Waals surface area (Å²) in [6.07, 6.45) is 3.46. The van der Waals surface area contributed by atoms with Crippen LogP contribution in [0.25, 0.3) is 0 Å². The van der Waals surface area contributed by atoms with Crippen molar-refractivity contribution in [1.29, 1.82) is 0 Å². The SMILES string of the molecule is Br.c1cn[nH]c1. The second kappa shape index (κ2) is 2.90. The zero-order chi connectivity index (χ0) is 3.54. The largest absolute Gasteiger partial charge is 0.286 e. The van der Waals surface area contributed by atoms with E-state index in [2.05, 4.69) is 10.2 Å². The van der Waals surface area contributed by atoms with Crippen LogP contribution in [0, 0.1) is 0 Å². The van der Waals surface area contributed by atoms with Crippen molar-refractivity contribution in [2.45, 2.75) is 0 Å². The van der Waals surface area contributed by atoms with E-state index in [1.54, 1.807) is 12.4 Å². The summed E-state index contributed by atoms with van der Waals surface area (Å²) in [5.74, 6) is 0. The van der Waals surface area contributed by atoms with Gasteiger partial charge in [0.25, 0.3) is 0 Å². The molecule has 3 heteroatoms. The third-order valence-corrected chi connectivity index (χ3v) is 0.406. The Hall–Kier alpha value is -0.310. The van der Waals surface area contributed by atoms with Gasteiger partial charge in [-0.2, -0.15) is 5.10 Å². The fourth-order valence-electron chi connectivity index (χ4n) is 0.215. The zero-order valence-electron chi connectivity index (χ0n) is 3.09. The van der Waals surface area contributed by atoms with E-state index in [4.69, 9.17) is 0 Å². The molecule has 0 saturated heterocycles. The molecule has 0 aliphatic carbocycles. The number of aromatic amines is 1. The maximum atomic E-state index is 3.60. The average Bonchev–Trinajstić information content (AvgIpc) is 1.76. The standard InChI is InChI=1S/C3H4N2.BrH/c1-2-4-5-3-1;/h1-3H,(H,4,5);1H. The molecule has 0 saturated carbocycles. The molecule has 0 fully saturated rings. The summed E-state index contributed by atoms with van der Waals surface area (Å²) in [6, 6.07) is 1.83. The third-order valence-electron chi connectivity index (χ3n) is 0.406. The summed E-state index contributed by atoms with van der Waals surface area (Å²) in [6.45, 7) is 0. The molecule has 0 spiro atoms. The Morgan fingerprint density at radius 1 is 1.50 bits per heavy atom. The molecule has 0 aromatic carbocycles. The van der Waals surface area contributed by atoms with Crippen LogP contribution in [0.15, 0.2) is 18.5 Å². The molecular formula is C3H5BrN2. The first-order chi connectivity index (χ1) is 2.50. The van der Waals surface area contributed by atoms with E-state index in [9.17, 15) is 0 Å². The molecule has 0 radical (unpaired) electrons. The highest BCUT2D eigenvalue weighted by atomic mass is 79.9. The highest BCUT2D eigenvalue weighted by Crippen LogP contribution is 1.64. The first-order valence-electron chi connectivity index (χ1n) is 1.44. The molecule has 1 aromatic heterocycles. The van der Waals surface area contributed by atoms with Gasteiger partial charge in [0.1, 0.15) is 0 Å². The molecule has 0 bridgehead atoms. The van der Waals surface area contributed by atoms with Gasteiger partial charge in [-0.05, 0) is 6.07 Å². The van der Waals surface area contributed by atoms with E-state index in [0.29, 0.717) is 0 Å². The minimum absolute atomic E-state index is 0. The van der Waals surface area contributed by atoms with Crippen molar-refractivity contribution in [2.24, 2.45) is 0 Å². The topological polar surface area (TPSA) is 28.7 Å². The van der Waals surface area contributed by atoms with E-state index in [1.807, 2.05) is 6.07 Å². The summed E-state index contributed by atoms with van der Waals surface area (Å²) < 4.78 is 0. The number of halogens is 1. The minimum atomic E-state index is 0. The van der Waals surface area contributed by atoms with Crippen molar-refractivity contribution in [2.75, 3.05) is 0 Å². The van der Waals surface area contributed by atoms with Crippen LogP contribution in [0.2, 0.25) is 0 Å². The Morgan fingerprint density at radius 2 is 2.33 bits per heavy atom. The van der Waals surface area contributed by atoms with Gasteiger partial charge < -0.3 is 0 Å². The second-order valence-electron chi connectivity index (χ2n) is 0.766. The monoisotopic (exact) mass is 148 g/mol. The number of aromatic nitrogens is 2. The van der Waals surface area contributed by atoms with E-state index < -0.39 is 0 Å². The molecule has 0 unspecified atom stereocenters. The predicted octanol–water partition coefficient (Wildman–Crippen LogP) is 0.988. The Labute approximate surface area is 46.3 Å². The van der Waals surface area contributed by atoms with Crippen LogP contribution >= 0.6 is 17.0 Å². The highest BCUT2D eigenvalue weighted by Gasteiger charge is 1.56. The quantitative estimate of drug-likeness (QED) is 0.585. The van der Waals surface area contributed by atoms with Gasteiger partial charge in [-0.15, -0.1) is 17.0 Å². The van der Waals surface area contributed by atoms with Crippen LogP contribution < -0.4 is 0 Å². The Bertz CT molecular complexity index is 65.3. The van der Waals surface area contributed by atoms with Gasteiger partial charge in [-0.25, -0.2) is 0 Å². The van der Waals surface area contributed by atoms with Gasteiger partial charge in [0.15, 0.2) is 0 Å². The third kappa shape index (κ3) is 1.21. The summed E-state index contributed by atoms with van der Waals surface area (Å²) in [5, 5.41) is 6.21. The predicted molar refractivity (Wildman–Crippen MR) is 28.9 cm³/mol. The zero-order valence-corrected chi connectivity index (χ0v) is 4.80. The molecule has 1 aromatic rings. The van der Waals surface area contributed by atoms with E-state index in [0.717, 1.165) is 0 Å². The van der Waals surface area contributed by atoms with Gasteiger partial charge >= 0.3 is 0 Å². The van der Waals surface area contributed by atoms with Crippen molar-refractivity contribution in [3.8, 4) is 0 Å². The van der Waals surface area contributed by atoms with Crippen LogP contribution in [0.3, 0.4) is 0 Å². The number of nitrogens with zero attached hydrogens (tertiary/aromatic N) is 1. The fourth-order valence-corrected chi connectivity index (χ4v) is 0.215. The molecule has 1 rings (SSSR count). The molecular weight excluding hydrogens is 144 g/mol. The molecule has 1 N–H and O–H groups in total. The van der Waals surface area contributed by atoms with Crippen LogP contribution in [-0.2, 0) is 0 Å². The molecule has 0 aliphatic heterocycles. The normalized spacial score (nSPS) is 6.67. The Morgan fingerprint density at radius 3 is 2.50 bits per heavy atom. The molecule has 34 valence electrons. The van der Waals surface area contributed by atoms with Crippen molar-refractivity contribution < 1.29 is 0 Å². The van der Waals surface area contributed by atoms with Crippen molar-refractivity contribution in [3.63, 3.8) is 0 Å². The molecule has 0 atom stereocenters. The van der Waals surface area contributed by atoms with Crippen molar-refractivity contribution >= 4 is 17.0 Å². The number of hydrogen-bond acceptors (Lipinski definition) is 1. The number of nitrogens with one attached hydrogen (secondary N) is 1. The molecule has 6 heavy (non-hydrogen) atoms. The number of hydrogen-bond donors (Lipinski definition) is 1. The van der Waals surface area contributed by atoms with Gasteiger partial charge in [0.2, 0.25) is 0 Å². The summed E-state index contributed by atoms with van der Waals surface area (Å²) in [7, 11) is 0. The van der Waals surface area contributed by atoms with E-state index >= 15 is 0 Å². The molecule has 0 aliphatic rings. The number of rotatable bonds is 0. The van der Waals surface area contributed by atoms with Crippen LogP contribution in [0.1, 0.15) is 0 Å². The summed E-state index contributed by atoms with van der Waals surface area (Å²) in [4.78, 5) is 0. The summed E-state index contributed by atoms with van der Waals surface area (Å²) >= 11 is 0. The summed E-state index contributed by atoms with van der Waals surface area (Å²) in [5.41, 5.74) is 0. The van der Waals surface area contributed by atoms with Crippen molar-refractivity contribution in [3.05, 3.63) is 18.5 Å². The average molecular weight is 149 g/mol. The first-order valence-corrected chi connectivity index (χ1v) is 1.44. The minimum Gasteiger partial charge on any atom is -0.286 e. The van der Waals surface area contributed by atoms with Gasteiger partial charge in [0.05, 0.1) is 0 Å². The fraction of sp³-hybridized carbons (Fsp3) is 0. The van der Waals surface area contributed by atoms with Crippen molar-refractivity contribution in [1.82, 2.24) is 10.2 Å². The van der Waals surface area contributed by atoms with Gasteiger partial charge in [0, 0.05) is 12.4 Å². The van der Waals surface area contributed by atoms with Gasteiger partial charge in [-0.1, -0.05) is 0 Å². The molecule has 1 heterocycles. The van der Waals surface area contributed by atoms with Crippen LogP contribution in [0.4, 0.5) is 0 Å². The maximum Gasteiger partial charge on any atom is 0.0487 e. The van der Waals surface area contributed by atoms with Crippen LogP contribution in [0.5, 0.6) is 0 Å². The van der Waals surface area contributed by atoms with Gasteiger partial charge in [-0.3, -0.25) is 5.10 Å². The van der Waals surface area contributed by atoms with E-state index in [1.165, 1.54) is 0 Å². The van der Waals surface area contributed by atoms with E-state index in [-0.39, 0.29) is 17.0 Å². The number of H-pyrrole nitrogens is 1. The smallest absolute Gasteiger partial charge is 0.0487 e. The Kier molecular flexibility index (Phi) is 2.75. The maximum absolute atomic E-state index is 3.60. The lowest BCUT2D eigenvalue weighted by atomic mass is 10.8. The van der Waals surface area contributed by atoms with Crippen LogP contribution in [-0.4, -0.2) is 10.2 Å². The lowest BCUT2D eigenvalue weighted by Gasteiger charge is -1.49. The lowest BCUT2D eigenvalue weighted by Crippen LogP contribution is -1.53. The highest BCUT2D eigenvalue weighted by molar-refractivity contribution is 8.93. The lowest BCUT2D eigenvalue weighted by molar-refractivity contribution is 1.09. The molecule has 2 nitrogen and oxygen atoms in total. The molecule has 0 amide bonds. The first kappa shape index (κ1) is 5.69. The second-order valence-corrected chi connectivity index (χ2v) is 0.766. The Balaban J connectivity index is 0.000000250.